The first kappa shape index (κ1) is 14.9. The zero-order chi connectivity index (χ0) is 12.9. The Hall–Kier alpha value is -0.120. The number of nitrogens with zero attached hydrogens (tertiary/aromatic N) is 1. The maximum Gasteiger partial charge on any atom is 0.0869 e. The van der Waals surface area contributed by atoms with Gasteiger partial charge in [0.05, 0.1) is 5.60 Å². The maximum atomic E-state index is 10.4. The molecule has 1 saturated carbocycles. The average Bonchev–Trinajstić information content (AvgIpc) is 2.77. The van der Waals surface area contributed by atoms with Crippen molar-refractivity contribution in [1.29, 1.82) is 0 Å². The van der Waals surface area contributed by atoms with Crippen LogP contribution >= 0.6 is 0 Å². The van der Waals surface area contributed by atoms with Gasteiger partial charge in [0.2, 0.25) is 0 Å². The zero-order valence-corrected chi connectivity index (χ0v) is 12.0. The first-order valence-corrected chi connectivity index (χ1v) is 7.14. The van der Waals surface area contributed by atoms with Crippen LogP contribution in [0.15, 0.2) is 0 Å². The summed E-state index contributed by atoms with van der Waals surface area (Å²) in [5, 5.41) is 13.8. The molecule has 0 amide bonds. The highest BCUT2D eigenvalue weighted by Crippen LogP contribution is 2.24. The summed E-state index contributed by atoms with van der Waals surface area (Å²) in [6, 6.07) is 1.13. The Morgan fingerprint density at radius 3 is 2.41 bits per heavy atom. The molecule has 0 radical (unpaired) electrons. The van der Waals surface area contributed by atoms with Gasteiger partial charge in [0.1, 0.15) is 0 Å². The van der Waals surface area contributed by atoms with Crippen molar-refractivity contribution in [3.05, 3.63) is 0 Å². The summed E-state index contributed by atoms with van der Waals surface area (Å²) in [4.78, 5) is 2.45. The van der Waals surface area contributed by atoms with Crippen LogP contribution in [0.25, 0.3) is 0 Å². The minimum Gasteiger partial charge on any atom is -0.388 e. The first-order chi connectivity index (χ1) is 7.94. The highest BCUT2D eigenvalue weighted by Gasteiger charge is 2.28. The molecule has 1 aliphatic carbocycles. The Kier molecular flexibility index (Phi) is 5.90. The average molecular weight is 242 g/mol. The second-order valence-corrected chi connectivity index (χ2v) is 6.03. The van der Waals surface area contributed by atoms with Gasteiger partial charge in [-0.3, -0.25) is 4.90 Å². The molecule has 0 aromatic heterocycles. The van der Waals surface area contributed by atoms with Gasteiger partial charge < -0.3 is 10.4 Å². The summed E-state index contributed by atoms with van der Waals surface area (Å²) in [6.07, 6.45) is 5.32. The summed E-state index contributed by atoms with van der Waals surface area (Å²) in [6.45, 7) is 10.9. The molecule has 3 nitrogen and oxygen atoms in total. The van der Waals surface area contributed by atoms with Crippen LogP contribution in [0, 0.1) is 0 Å². The molecule has 0 heterocycles. The van der Waals surface area contributed by atoms with E-state index in [0.717, 1.165) is 13.1 Å². The highest BCUT2D eigenvalue weighted by molar-refractivity contribution is 4.85. The third kappa shape index (κ3) is 5.36. The Labute approximate surface area is 107 Å². The topological polar surface area (TPSA) is 35.5 Å². The van der Waals surface area contributed by atoms with E-state index in [0.29, 0.717) is 18.6 Å². The third-order valence-corrected chi connectivity index (χ3v) is 3.68. The van der Waals surface area contributed by atoms with Crippen LogP contribution in [0.3, 0.4) is 0 Å². The van der Waals surface area contributed by atoms with E-state index in [2.05, 4.69) is 31.0 Å². The van der Waals surface area contributed by atoms with E-state index < -0.39 is 5.60 Å². The molecule has 1 fully saturated rings. The van der Waals surface area contributed by atoms with Crippen molar-refractivity contribution >= 4 is 0 Å². The van der Waals surface area contributed by atoms with Crippen LogP contribution in [0.1, 0.15) is 53.4 Å². The predicted molar refractivity (Wildman–Crippen MR) is 73.3 cm³/mol. The van der Waals surface area contributed by atoms with Gasteiger partial charge in [-0.15, -0.1) is 0 Å². The molecule has 1 unspecified atom stereocenters. The SMILES string of the molecule is CCN(CC(C)(O)CNC(C)C)C1CCCC1. The monoisotopic (exact) mass is 242 g/mol. The molecule has 1 aliphatic rings. The fourth-order valence-corrected chi connectivity index (χ4v) is 2.69. The second kappa shape index (κ2) is 6.72. The number of nitrogens with one attached hydrogen (secondary N) is 1. The summed E-state index contributed by atoms with van der Waals surface area (Å²) < 4.78 is 0. The molecular formula is C14H30N2O. The molecule has 1 rings (SSSR count). The van der Waals surface area contributed by atoms with Crippen LogP contribution in [-0.2, 0) is 0 Å². The Bertz CT molecular complexity index is 210. The van der Waals surface area contributed by atoms with Gasteiger partial charge in [-0.25, -0.2) is 0 Å². The number of rotatable bonds is 7. The number of likely N-dealkylation sites (N-methyl/N-ethyl adjacent to an activating group) is 1. The number of aliphatic hydroxyl groups is 1. The van der Waals surface area contributed by atoms with Gasteiger partial charge in [0.25, 0.3) is 0 Å². The molecule has 3 heteroatoms. The third-order valence-electron chi connectivity index (χ3n) is 3.68. The molecule has 1 atom stereocenters. The minimum absolute atomic E-state index is 0.433. The lowest BCUT2D eigenvalue weighted by Gasteiger charge is -2.35. The van der Waals surface area contributed by atoms with E-state index in [-0.39, 0.29) is 0 Å². The Balaban J connectivity index is 2.42. The van der Waals surface area contributed by atoms with Gasteiger partial charge in [-0.05, 0) is 26.3 Å². The Morgan fingerprint density at radius 2 is 1.94 bits per heavy atom. The van der Waals surface area contributed by atoms with Crippen LogP contribution in [0.5, 0.6) is 0 Å². The molecule has 0 saturated heterocycles. The predicted octanol–water partition coefficient (Wildman–Crippen LogP) is 2.00. The molecule has 0 spiro atoms. The van der Waals surface area contributed by atoms with E-state index in [1.165, 1.54) is 25.7 Å². The van der Waals surface area contributed by atoms with Gasteiger partial charge >= 0.3 is 0 Å². The van der Waals surface area contributed by atoms with Crippen molar-refractivity contribution in [2.24, 2.45) is 0 Å². The van der Waals surface area contributed by atoms with Gasteiger partial charge in [0.15, 0.2) is 0 Å². The largest absolute Gasteiger partial charge is 0.388 e. The fourth-order valence-electron chi connectivity index (χ4n) is 2.69. The zero-order valence-electron chi connectivity index (χ0n) is 12.0. The summed E-state index contributed by atoms with van der Waals surface area (Å²) >= 11 is 0. The lowest BCUT2D eigenvalue weighted by atomic mass is 10.0. The summed E-state index contributed by atoms with van der Waals surface area (Å²) in [7, 11) is 0. The standard InChI is InChI=1S/C14H30N2O/c1-5-16(13-8-6-7-9-13)11-14(4,17)10-15-12(2)3/h12-13,15,17H,5-11H2,1-4H3. The van der Waals surface area contributed by atoms with Crippen molar-refractivity contribution in [3.63, 3.8) is 0 Å². The number of hydrogen-bond donors (Lipinski definition) is 2. The maximum absolute atomic E-state index is 10.4. The van der Waals surface area contributed by atoms with Crippen molar-refractivity contribution in [3.8, 4) is 0 Å². The smallest absolute Gasteiger partial charge is 0.0869 e. The van der Waals surface area contributed by atoms with E-state index in [9.17, 15) is 5.11 Å². The normalized spacial score (nSPS) is 21.4. The van der Waals surface area contributed by atoms with E-state index in [1.807, 2.05) is 6.92 Å². The number of hydrogen-bond acceptors (Lipinski definition) is 3. The molecular weight excluding hydrogens is 212 g/mol. The van der Waals surface area contributed by atoms with Crippen LogP contribution < -0.4 is 5.32 Å². The van der Waals surface area contributed by atoms with E-state index in [1.54, 1.807) is 0 Å². The second-order valence-electron chi connectivity index (χ2n) is 6.03. The van der Waals surface area contributed by atoms with E-state index >= 15 is 0 Å². The minimum atomic E-state index is -0.622. The molecule has 17 heavy (non-hydrogen) atoms. The van der Waals surface area contributed by atoms with Gasteiger partial charge in [-0.1, -0.05) is 33.6 Å². The lowest BCUT2D eigenvalue weighted by Crippen LogP contribution is -2.51. The first-order valence-electron chi connectivity index (χ1n) is 7.14. The molecule has 0 aliphatic heterocycles. The Morgan fingerprint density at radius 1 is 1.35 bits per heavy atom. The van der Waals surface area contributed by atoms with Crippen molar-refractivity contribution in [2.75, 3.05) is 19.6 Å². The highest BCUT2D eigenvalue weighted by atomic mass is 16.3. The van der Waals surface area contributed by atoms with Crippen molar-refractivity contribution in [2.45, 2.75) is 71.1 Å². The lowest BCUT2D eigenvalue weighted by molar-refractivity contribution is 0.00762. The molecule has 0 aromatic carbocycles. The quantitative estimate of drug-likeness (QED) is 0.717. The van der Waals surface area contributed by atoms with Gasteiger partial charge in [-0.2, -0.15) is 0 Å². The van der Waals surface area contributed by atoms with Gasteiger partial charge in [0, 0.05) is 25.2 Å². The molecule has 2 N–H and O–H groups in total. The van der Waals surface area contributed by atoms with Crippen LogP contribution in [0.2, 0.25) is 0 Å². The molecule has 0 bridgehead atoms. The molecule has 102 valence electrons. The molecule has 0 aromatic rings. The summed E-state index contributed by atoms with van der Waals surface area (Å²) in [5.41, 5.74) is -0.622. The fraction of sp³-hybridized carbons (Fsp3) is 1.00. The summed E-state index contributed by atoms with van der Waals surface area (Å²) in [5.74, 6) is 0. The van der Waals surface area contributed by atoms with Crippen molar-refractivity contribution in [1.82, 2.24) is 10.2 Å². The van der Waals surface area contributed by atoms with Crippen LogP contribution in [0.4, 0.5) is 0 Å². The van der Waals surface area contributed by atoms with E-state index in [4.69, 9.17) is 0 Å². The van der Waals surface area contributed by atoms with Crippen molar-refractivity contribution < 1.29 is 5.11 Å². The van der Waals surface area contributed by atoms with Crippen LogP contribution in [-0.4, -0.2) is 47.3 Å².